The van der Waals surface area contributed by atoms with Crippen molar-refractivity contribution >= 4 is 5.97 Å². The Kier molecular flexibility index (Phi) is 16.2. The second-order valence-corrected chi connectivity index (χ2v) is 5.73. The quantitative estimate of drug-likeness (QED) is 0.369. The smallest absolute Gasteiger partial charge is 0.0758 e. The van der Waals surface area contributed by atoms with E-state index in [-0.39, 0.29) is 6.42 Å². The standard InChI is InChI=1S/C22H32O4/c1-2-3-4-5-6-10-15-20(23)16-11-7-8-12-17-21(24)18-13-9-14-19-22(25)26/h3-4,6-13,16-17,20-21,23-24H,2,5,14-15,18-19H2,1H3,(H,25,26)/p-1/b4-3-,8-7-,10-6-,13-9-,16-11+,17-12+/t20-,21+/m0/s1. The molecule has 0 rings (SSSR count). The van der Waals surface area contributed by atoms with Crippen molar-refractivity contribution in [2.24, 2.45) is 0 Å². The van der Waals surface area contributed by atoms with Gasteiger partial charge < -0.3 is 20.1 Å². The molecule has 0 saturated carbocycles. The summed E-state index contributed by atoms with van der Waals surface area (Å²) < 4.78 is 0. The molecule has 0 unspecified atom stereocenters. The highest BCUT2D eigenvalue weighted by Gasteiger charge is 1.94. The number of aliphatic hydroxyl groups excluding tert-OH is 2. The third-order valence-electron chi connectivity index (χ3n) is 3.28. The van der Waals surface area contributed by atoms with Gasteiger partial charge in [-0.1, -0.05) is 79.8 Å². The average molecular weight is 359 g/mol. The second-order valence-electron chi connectivity index (χ2n) is 5.73. The summed E-state index contributed by atoms with van der Waals surface area (Å²) in [6.07, 6.45) is 24.4. The van der Waals surface area contributed by atoms with Gasteiger partial charge in [0.2, 0.25) is 0 Å². The maximum Gasteiger partial charge on any atom is 0.0758 e. The first-order valence-corrected chi connectivity index (χ1v) is 9.08. The summed E-state index contributed by atoms with van der Waals surface area (Å²) >= 11 is 0. The maximum atomic E-state index is 10.2. The van der Waals surface area contributed by atoms with Crippen LogP contribution in [-0.2, 0) is 4.79 Å². The Bertz CT molecular complexity index is 524. The monoisotopic (exact) mass is 359 g/mol. The van der Waals surface area contributed by atoms with Crippen molar-refractivity contribution in [3.8, 4) is 0 Å². The molecule has 0 aromatic rings. The first-order chi connectivity index (χ1) is 12.6. The molecule has 0 aliphatic rings. The molecule has 0 bridgehead atoms. The first-order valence-electron chi connectivity index (χ1n) is 9.08. The topological polar surface area (TPSA) is 80.6 Å². The van der Waals surface area contributed by atoms with Crippen LogP contribution in [0.1, 0.15) is 45.4 Å². The van der Waals surface area contributed by atoms with Gasteiger partial charge in [-0.25, -0.2) is 0 Å². The van der Waals surface area contributed by atoms with E-state index in [2.05, 4.69) is 19.1 Å². The number of rotatable bonds is 14. The fourth-order valence-electron chi connectivity index (χ4n) is 1.90. The molecule has 0 fully saturated rings. The molecule has 0 aliphatic heterocycles. The normalized spacial score (nSPS) is 15.5. The SMILES string of the molecule is CC/C=C\C/C=C\C[C@H](O)/C=C/C=C\C=C\[C@@H](O)C/C=C\CCC(=O)[O-]. The third-order valence-corrected chi connectivity index (χ3v) is 3.28. The fraction of sp³-hybridized carbons (Fsp3) is 0.409. The van der Waals surface area contributed by atoms with E-state index < -0.39 is 18.2 Å². The van der Waals surface area contributed by atoms with Gasteiger partial charge in [-0.05, 0) is 38.5 Å². The fourth-order valence-corrected chi connectivity index (χ4v) is 1.90. The zero-order valence-electron chi connectivity index (χ0n) is 15.5. The molecule has 0 saturated heterocycles. The Labute approximate surface area is 157 Å². The van der Waals surface area contributed by atoms with Crippen LogP contribution in [0.4, 0.5) is 0 Å². The number of aliphatic hydroxyl groups is 2. The van der Waals surface area contributed by atoms with E-state index in [1.807, 2.05) is 12.2 Å². The maximum absolute atomic E-state index is 10.2. The third kappa shape index (κ3) is 18.2. The van der Waals surface area contributed by atoms with Gasteiger partial charge in [-0.2, -0.15) is 0 Å². The molecule has 0 amide bonds. The van der Waals surface area contributed by atoms with Gasteiger partial charge in [0, 0.05) is 5.97 Å². The number of carbonyl (C=O) groups is 1. The number of allylic oxidation sites excluding steroid dienone is 8. The van der Waals surface area contributed by atoms with Crippen molar-refractivity contribution in [1.82, 2.24) is 0 Å². The highest BCUT2D eigenvalue weighted by atomic mass is 16.4. The lowest BCUT2D eigenvalue weighted by atomic mass is 10.2. The second kappa shape index (κ2) is 17.6. The lowest BCUT2D eigenvalue weighted by Gasteiger charge is -2.00. The summed E-state index contributed by atoms with van der Waals surface area (Å²) in [7, 11) is 0. The van der Waals surface area contributed by atoms with Crippen LogP contribution in [0, 0.1) is 0 Å². The Morgan fingerprint density at radius 1 is 0.846 bits per heavy atom. The number of carboxylic acid groups (broad SMARTS) is 1. The molecule has 0 radical (unpaired) electrons. The van der Waals surface area contributed by atoms with E-state index in [1.165, 1.54) is 0 Å². The van der Waals surface area contributed by atoms with E-state index in [4.69, 9.17) is 0 Å². The van der Waals surface area contributed by atoms with Gasteiger partial charge in [0.25, 0.3) is 0 Å². The van der Waals surface area contributed by atoms with Gasteiger partial charge in [0.15, 0.2) is 0 Å². The Morgan fingerprint density at radius 3 is 1.92 bits per heavy atom. The lowest BCUT2D eigenvalue weighted by molar-refractivity contribution is -0.305. The zero-order valence-corrected chi connectivity index (χ0v) is 15.5. The number of hydrogen-bond donors (Lipinski definition) is 2. The van der Waals surface area contributed by atoms with Crippen LogP contribution in [0.5, 0.6) is 0 Å². The highest BCUT2D eigenvalue weighted by molar-refractivity contribution is 5.64. The molecule has 26 heavy (non-hydrogen) atoms. The van der Waals surface area contributed by atoms with Crippen molar-refractivity contribution in [3.63, 3.8) is 0 Å². The molecule has 0 spiro atoms. The number of hydrogen-bond acceptors (Lipinski definition) is 4. The number of carboxylic acids is 1. The largest absolute Gasteiger partial charge is 0.550 e. The van der Waals surface area contributed by atoms with E-state index in [1.54, 1.807) is 48.6 Å². The zero-order chi connectivity index (χ0) is 19.5. The highest BCUT2D eigenvalue weighted by Crippen LogP contribution is 2.00. The van der Waals surface area contributed by atoms with Crippen LogP contribution in [0.25, 0.3) is 0 Å². The molecular weight excluding hydrogens is 328 g/mol. The van der Waals surface area contributed by atoms with Crippen LogP contribution >= 0.6 is 0 Å². The minimum absolute atomic E-state index is 0.00491. The van der Waals surface area contributed by atoms with Gasteiger partial charge in [0.1, 0.15) is 0 Å². The van der Waals surface area contributed by atoms with Crippen LogP contribution in [-0.4, -0.2) is 28.4 Å². The predicted octanol–water partition coefficient (Wildman–Crippen LogP) is 3.16. The molecule has 0 aliphatic carbocycles. The predicted molar refractivity (Wildman–Crippen MR) is 105 cm³/mol. The minimum Gasteiger partial charge on any atom is -0.550 e. The van der Waals surface area contributed by atoms with Crippen molar-refractivity contribution in [1.29, 1.82) is 0 Å². The summed E-state index contributed by atoms with van der Waals surface area (Å²) in [5.41, 5.74) is 0. The van der Waals surface area contributed by atoms with Crippen LogP contribution in [0.2, 0.25) is 0 Å². The molecule has 2 N–H and O–H groups in total. The van der Waals surface area contributed by atoms with Gasteiger partial charge >= 0.3 is 0 Å². The van der Waals surface area contributed by atoms with Gasteiger partial charge in [0.05, 0.1) is 12.2 Å². The van der Waals surface area contributed by atoms with Crippen molar-refractivity contribution in [3.05, 3.63) is 72.9 Å². The molecule has 0 aromatic heterocycles. The van der Waals surface area contributed by atoms with E-state index >= 15 is 0 Å². The molecule has 4 nitrogen and oxygen atoms in total. The minimum atomic E-state index is -1.07. The molecule has 0 aromatic carbocycles. The summed E-state index contributed by atoms with van der Waals surface area (Å²) in [6, 6.07) is 0. The van der Waals surface area contributed by atoms with E-state index in [0.29, 0.717) is 19.3 Å². The van der Waals surface area contributed by atoms with E-state index in [0.717, 1.165) is 12.8 Å². The molecular formula is C22H31O4-. The average Bonchev–Trinajstić information content (AvgIpc) is 2.60. The molecule has 0 heterocycles. The van der Waals surface area contributed by atoms with Crippen molar-refractivity contribution < 1.29 is 20.1 Å². The first kappa shape index (κ1) is 23.8. The number of aliphatic carboxylic acids is 1. The summed E-state index contributed by atoms with van der Waals surface area (Å²) in [6.45, 7) is 2.10. The molecule has 144 valence electrons. The van der Waals surface area contributed by atoms with Crippen molar-refractivity contribution in [2.45, 2.75) is 57.7 Å². The van der Waals surface area contributed by atoms with Crippen LogP contribution in [0.15, 0.2) is 72.9 Å². The Morgan fingerprint density at radius 2 is 1.38 bits per heavy atom. The Hall–Kier alpha value is -2.17. The van der Waals surface area contributed by atoms with Crippen LogP contribution < -0.4 is 5.11 Å². The molecule has 2 atom stereocenters. The summed E-state index contributed by atoms with van der Waals surface area (Å²) in [4.78, 5) is 10.2. The van der Waals surface area contributed by atoms with E-state index in [9.17, 15) is 20.1 Å². The van der Waals surface area contributed by atoms with Gasteiger partial charge in [-0.3, -0.25) is 0 Å². The molecule has 4 heteroatoms. The lowest BCUT2D eigenvalue weighted by Crippen LogP contribution is -2.21. The summed E-state index contributed by atoms with van der Waals surface area (Å²) in [5.74, 6) is -1.07. The van der Waals surface area contributed by atoms with Gasteiger partial charge in [-0.15, -0.1) is 0 Å². The Balaban J connectivity index is 3.91. The summed E-state index contributed by atoms with van der Waals surface area (Å²) in [5, 5.41) is 29.7. The van der Waals surface area contributed by atoms with Crippen molar-refractivity contribution in [2.75, 3.05) is 0 Å². The number of carbonyl (C=O) groups excluding carboxylic acids is 1. The van der Waals surface area contributed by atoms with Crippen LogP contribution in [0.3, 0.4) is 0 Å².